The lowest BCUT2D eigenvalue weighted by Gasteiger charge is -2.52. The molecule has 3 heteroatoms. The summed E-state index contributed by atoms with van der Waals surface area (Å²) in [6.07, 6.45) is 4.38. The molecule has 0 aromatic carbocycles. The SMILES string of the molecule is CN1CCCC(C2(CN)CC(O)C2)C1. The first kappa shape index (κ1) is 10.4. The topological polar surface area (TPSA) is 49.5 Å². The summed E-state index contributed by atoms with van der Waals surface area (Å²) in [4.78, 5) is 2.40. The molecular weight excluding hydrogens is 176 g/mol. The zero-order chi connectivity index (χ0) is 10.2. The molecule has 3 nitrogen and oxygen atoms in total. The van der Waals surface area contributed by atoms with Gasteiger partial charge in [0.15, 0.2) is 0 Å². The van der Waals surface area contributed by atoms with Gasteiger partial charge >= 0.3 is 0 Å². The van der Waals surface area contributed by atoms with Crippen LogP contribution in [0.4, 0.5) is 0 Å². The first-order valence-electron chi connectivity index (χ1n) is 5.73. The predicted molar refractivity (Wildman–Crippen MR) is 56.9 cm³/mol. The van der Waals surface area contributed by atoms with Gasteiger partial charge in [-0.15, -0.1) is 0 Å². The summed E-state index contributed by atoms with van der Waals surface area (Å²) in [6.45, 7) is 3.15. The van der Waals surface area contributed by atoms with E-state index >= 15 is 0 Å². The fourth-order valence-corrected chi connectivity index (χ4v) is 3.21. The van der Waals surface area contributed by atoms with Crippen molar-refractivity contribution < 1.29 is 5.11 Å². The van der Waals surface area contributed by atoms with Crippen molar-refractivity contribution in [2.45, 2.75) is 31.8 Å². The van der Waals surface area contributed by atoms with Gasteiger partial charge in [0.1, 0.15) is 0 Å². The van der Waals surface area contributed by atoms with E-state index in [1.807, 2.05) is 0 Å². The molecule has 1 atom stereocenters. The molecule has 1 saturated carbocycles. The molecule has 1 saturated heterocycles. The molecule has 1 unspecified atom stereocenters. The number of rotatable bonds is 2. The van der Waals surface area contributed by atoms with Crippen LogP contribution < -0.4 is 5.73 Å². The van der Waals surface area contributed by atoms with E-state index in [9.17, 15) is 5.11 Å². The van der Waals surface area contributed by atoms with Crippen molar-refractivity contribution >= 4 is 0 Å². The predicted octanol–water partition coefficient (Wildman–Crippen LogP) is 0.428. The minimum absolute atomic E-state index is 0.0780. The molecule has 1 heterocycles. The molecule has 2 rings (SSSR count). The van der Waals surface area contributed by atoms with E-state index in [1.165, 1.54) is 25.9 Å². The maximum atomic E-state index is 9.44. The Balaban J connectivity index is 1.98. The standard InChI is InChI=1S/C11H22N2O/c1-13-4-2-3-9(7-13)11(8-12)5-10(14)6-11/h9-10,14H,2-8,12H2,1H3. The number of hydrogen-bond acceptors (Lipinski definition) is 3. The van der Waals surface area contributed by atoms with E-state index in [1.54, 1.807) is 0 Å². The highest BCUT2D eigenvalue weighted by molar-refractivity contribution is 5.00. The largest absolute Gasteiger partial charge is 0.393 e. The second-order valence-corrected chi connectivity index (χ2v) is 5.23. The number of aliphatic hydroxyl groups excluding tert-OH is 1. The van der Waals surface area contributed by atoms with Crippen molar-refractivity contribution in [3.05, 3.63) is 0 Å². The smallest absolute Gasteiger partial charge is 0.0552 e. The van der Waals surface area contributed by atoms with Crippen LogP contribution in [-0.4, -0.2) is 42.8 Å². The van der Waals surface area contributed by atoms with Gasteiger partial charge in [-0.2, -0.15) is 0 Å². The highest BCUT2D eigenvalue weighted by Gasteiger charge is 2.48. The highest BCUT2D eigenvalue weighted by Crippen LogP contribution is 2.49. The molecule has 0 amide bonds. The van der Waals surface area contributed by atoms with Crippen molar-refractivity contribution in [2.24, 2.45) is 17.1 Å². The average molecular weight is 198 g/mol. The molecule has 0 spiro atoms. The van der Waals surface area contributed by atoms with Crippen LogP contribution in [0.3, 0.4) is 0 Å². The van der Waals surface area contributed by atoms with Crippen LogP contribution in [0.2, 0.25) is 0 Å². The molecule has 0 aromatic rings. The monoisotopic (exact) mass is 198 g/mol. The molecule has 82 valence electrons. The van der Waals surface area contributed by atoms with Gasteiger partial charge in [0.05, 0.1) is 6.10 Å². The van der Waals surface area contributed by atoms with Crippen molar-refractivity contribution in [1.82, 2.24) is 4.90 Å². The Hall–Kier alpha value is -0.120. The van der Waals surface area contributed by atoms with Gasteiger partial charge in [-0.05, 0) is 57.2 Å². The summed E-state index contributed by atoms with van der Waals surface area (Å²) in [6, 6.07) is 0. The van der Waals surface area contributed by atoms with Crippen LogP contribution in [0, 0.1) is 11.3 Å². The van der Waals surface area contributed by atoms with E-state index < -0.39 is 0 Å². The lowest BCUT2D eigenvalue weighted by Crippen LogP contribution is -2.54. The summed E-state index contributed by atoms with van der Waals surface area (Å²) >= 11 is 0. The van der Waals surface area contributed by atoms with Crippen molar-refractivity contribution in [1.29, 1.82) is 0 Å². The Morgan fingerprint density at radius 2 is 2.21 bits per heavy atom. The van der Waals surface area contributed by atoms with Crippen molar-refractivity contribution in [2.75, 3.05) is 26.7 Å². The van der Waals surface area contributed by atoms with Gasteiger partial charge in [0, 0.05) is 6.54 Å². The zero-order valence-electron chi connectivity index (χ0n) is 9.08. The van der Waals surface area contributed by atoms with Gasteiger partial charge in [-0.25, -0.2) is 0 Å². The molecule has 14 heavy (non-hydrogen) atoms. The van der Waals surface area contributed by atoms with Gasteiger partial charge in [-0.3, -0.25) is 0 Å². The van der Waals surface area contributed by atoms with Crippen molar-refractivity contribution in [3.63, 3.8) is 0 Å². The summed E-state index contributed by atoms with van der Waals surface area (Å²) in [7, 11) is 2.19. The van der Waals surface area contributed by atoms with Crippen LogP contribution >= 0.6 is 0 Å². The minimum Gasteiger partial charge on any atom is -0.393 e. The van der Waals surface area contributed by atoms with E-state index in [-0.39, 0.29) is 11.5 Å². The number of likely N-dealkylation sites (tertiary alicyclic amines) is 1. The Morgan fingerprint density at radius 1 is 1.50 bits per heavy atom. The Labute approximate surface area is 86.3 Å². The third-order valence-corrected chi connectivity index (χ3v) is 4.18. The van der Waals surface area contributed by atoms with Crippen LogP contribution in [0.25, 0.3) is 0 Å². The van der Waals surface area contributed by atoms with Crippen LogP contribution in [0.5, 0.6) is 0 Å². The van der Waals surface area contributed by atoms with Gasteiger partial charge in [0.2, 0.25) is 0 Å². The quantitative estimate of drug-likeness (QED) is 0.676. The Bertz CT molecular complexity index is 201. The molecule has 2 aliphatic rings. The first-order valence-corrected chi connectivity index (χ1v) is 5.73. The number of nitrogens with two attached hydrogens (primary N) is 1. The molecular formula is C11H22N2O. The second-order valence-electron chi connectivity index (χ2n) is 5.23. The van der Waals surface area contributed by atoms with E-state index in [4.69, 9.17) is 5.73 Å². The minimum atomic E-state index is -0.0780. The third kappa shape index (κ3) is 1.69. The molecule has 0 bridgehead atoms. The second kappa shape index (κ2) is 3.80. The Morgan fingerprint density at radius 3 is 2.71 bits per heavy atom. The van der Waals surface area contributed by atoms with Gasteiger partial charge in [0.25, 0.3) is 0 Å². The molecule has 1 aliphatic carbocycles. The zero-order valence-corrected chi connectivity index (χ0v) is 9.08. The van der Waals surface area contributed by atoms with Crippen LogP contribution in [0.15, 0.2) is 0 Å². The number of aliphatic hydroxyl groups is 1. The molecule has 1 aliphatic heterocycles. The average Bonchev–Trinajstić information content (AvgIpc) is 2.12. The Kier molecular flexibility index (Phi) is 2.82. The van der Waals surface area contributed by atoms with Gasteiger partial charge in [-0.1, -0.05) is 0 Å². The lowest BCUT2D eigenvalue weighted by atomic mass is 9.58. The lowest BCUT2D eigenvalue weighted by molar-refractivity contribution is -0.0797. The van der Waals surface area contributed by atoms with E-state index in [0.29, 0.717) is 0 Å². The summed E-state index contributed by atoms with van der Waals surface area (Å²) < 4.78 is 0. The molecule has 0 radical (unpaired) electrons. The van der Waals surface area contributed by atoms with E-state index in [2.05, 4.69) is 11.9 Å². The van der Waals surface area contributed by atoms with Crippen LogP contribution in [-0.2, 0) is 0 Å². The van der Waals surface area contributed by atoms with E-state index in [0.717, 1.165) is 25.3 Å². The number of hydrogen-bond donors (Lipinski definition) is 2. The molecule has 3 N–H and O–H groups in total. The highest BCUT2D eigenvalue weighted by atomic mass is 16.3. The summed E-state index contributed by atoms with van der Waals surface area (Å²) in [5.41, 5.74) is 6.15. The fraction of sp³-hybridized carbons (Fsp3) is 1.00. The maximum Gasteiger partial charge on any atom is 0.0552 e. The normalized spacial score (nSPS) is 44.8. The number of piperidine rings is 1. The summed E-state index contributed by atoms with van der Waals surface area (Å²) in [5.74, 6) is 0.717. The third-order valence-electron chi connectivity index (χ3n) is 4.18. The van der Waals surface area contributed by atoms with Crippen LogP contribution in [0.1, 0.15) is 25.7 Å². The molecule has 2 fully saturated rings. The number of nitrogens with zero attached hydrogens (tertiary/aromatic N) is 1. The molecule has 0 aromatic heterocycles. The van der Waals surface area contributed by atoms with Gasteiger partial charge < -0.3 is 15.7 Å². The maximum absolute atomic E-state index is 9.44. The fourth-order valence-electron chi connectivity index (χ4n) is 3.21. The summed E-state index contributed by atoms with van der Waals surface area (Å²) in [5, 5.41) is 9.44. The van der Waals surface area contributed by atoms with Crippen molar-refractivity contribution in [3.8, 4) is 0 Å². The first-order chi connectivity index (χ1) is 6.66.